The fourth-order valence-electron chi connectivity index (χ4n) is 2.03. The zero-order chi connectivity index (χ0) is 13.9. The summed E-state index contributed by atoms with van der Waals surface area (Å²) >= 11 is 0. The molecule has 1 aliphatic rings. The Hall–Kier alpha value is -0.610. The smallest absolute Gasteiger partial charge is 0.323 e. The van der Waals surface area contributed by atoms with Crippen molar-refractivity contribution in [3.8, 4) is 0 Å². The maximum absolute atomic E-state index is 11.4. The molecule has 1 aliphatic carbocycles. The minimum Gasteiger partial charge on any atom is -0.480 e. The molecule has 0 heterocycles. The molecule has 0 spiro atoms. The van der Waals surface area contributed by atoms with E-state index in [0.717, 1.165) is 19.4 Å². The Morgan fingerprint density at radius 3 is 2.39 bits per heavy atom. The van der Waals surface area contributed by atoms with E-state index in [-0.39, 0.29) is 0 Å². The summed E-state index contributed by atoms with van der Waals surface area (Å²) in [6, 6.07) is 0.892. The van der Waals surface area contributed by atoms with Gasteiger partial charge in [0.05, 0.1) is 0 Å². The monoisotopic (exact) mass is 256 g/mol. The van der Waals surface area contributed by atoms with Crippen LogP contribution >= 0.6 is 0 Å². The van der Waals surface area contributed by atoms with Crippen molar-refractivity contribution in [3.05, 3.63) is 0 Å². The normalized spacial score (nSPS) is 21.1. The number of nitrogens with zero attached hydrogens (tertiary/aromatic N) is 1. The van der Waals surface area contributed by atoms with E-state index in [2.05, 4.69) is 38.0 Å². The molecule has 106 valence electrons. The van der Waals surface area contributed by atoms with Crippen LogP contribution in [0.4, 0.5) is 0 Å². The zero-order valence-electron chi connectivity index (χ0n) is 12.4. The summed E-state index contributed by atoms with van der Waals surface area (Å²) in [7, 11) is 2.07. The van der Waals surface area contributed by atoms with Crippen molar-refractivity contribution in [3.63, 3.8) is 0 Å². The van der Waals surface area contributed by atoms with Crippen LogP contribution in [0.25, 0.3) is 0 Å². The molecule has 0 bridgehead atoms. The molecule has 1 fully saturated rings. The highest BCUT2D eigenvalue weighted by atomic mass is 16.4. The van der Waals surface area contributed by atoms with Gasteiger partial charge in [-0.1, -0.05) is 13.8 Å². The first-order chi connectivity index (χ1) is 8.26. The molecule has 0 radical (unpaired) electrons. The molecule has 2 atom stereocenters. The van der Waals surface area contributed by atoms with Crippen molar-refractivity contribution in [1.82, 2.24) is 10.2 Å². The standard InChI is InChI=1S/C14H28N2O2/c1-10(2)11(3)16(5)9-8-14(4,13(17)18)15-12-6-7-12/h10-12,15H,6-9H2,1-5H3,(H,17,18). The van der Waals surface area contributed by atoms with Gasteiger partial charge in [-0.15, -0.1) is 0 Å². The molecule has 0 aromatic carbocycles. The Balaban J connectivity index is 2.48. The molecule has 1 saturated carbocycles. The molecular weight excluding hydrogens is 228 g/mol. The van der Waals surface area contributed by atoms with Crippen LogP contribution in [0.3, 0.4) is 0 Å². The van der Waals surface area contributed by atoms with E-state index in [0.29, 0.717) is 24.4 Å². The summed E-state index contributed by atoms with van der Waals surface area (Å²) in [5, 5.41) is 12.7. The second-order valence-corrected chi connectivity index (χ2v) is 6.27. The van der Waals surface area contributed by atoms with Gasteiger partial charge in [0.15, 0.2) is 0 Å². The van der Waals surface area contributed by atoms with Crippen molar-refractivity contribution in [2.45, 2.75) is 64.6 Å². The lowest BCUT2D eigenvalue weighted by atomic mass is 9.96. The molecule has 4 heteroatoms. The van der Waals surface area contributed by atoms with Gasteiger partial charge in [0.1, 0.15) is 5.54 Å². The molecule has 2 unspecified atom stereocenters. The minimum atomic E-state index is -0.786. The van der Waals surface area contributed by atoms with Crippen molar-refractivity contribution < 1.29 is 9.90 Å². The van der Waals surface area contributed by atoms with Crippen LogP contribution in [0.2, 0.25) is 0 Å². The Kier molecular flexibility index (Phi) is 5.17. The topological polar surface area (TPSA) is 52.6 Å². The van der Waals surface area contributed by atoms with Crippen LogP contribution in [0.5, 0.6) is 0 Å². The van der Waals surface area contributed by atoms with Gasteiger partial charge in [0, 0.05) is 18.6 Å². The lowest BCUT2D eigenvalue weighted by Crippen LogP contribution is -2.52. The van der Waals surface area contributed by atoms with Gasteiger partial charge < -0.3 is 10.0 Å². The Morgan fingerprint density at radius 2 is 2.00 bits per heavy atom. The fourth-order valence-corrected chi connectivity index (χ4v) is 2.03. The first-order valence-electron chi connectivity index (χ1n) is 6.97. The molecule has 4 nitrogen and oxygen atoms in total. The van der Waals surface area contributed by atoms with E-state index in [1.807, 2.05) is 6.92 Å². The number of aliphatic carboxylic acids is 1. The van der Waals surface area contributed by atoms with E-state index in [9.17, 15) is 9.90 Å². The molecule has 0 aromatic heterocycles. The predicted molar refractivity (Wildman–Crippen MR) is 73.7 cm³/mol. The van der Waals surface area contributed by atoms with Crippen molar-refractivity contribution in [1.29, 1.82) is 0 Å². The number of carboxylic acid groups (broad SMARTS) is 1. The largest absolute Gasteiger partial charge is 0.480 e. The third kappa shape index (κ3) is 4.25. The van der Waals surface area contributed by atoms with Gasteiger partial charge in [-0.3, -0.25) is 10.1 Å². The number of nitrogens with one attached hydrogen (secondary N) is 1. The number of rotatable bonds is 8. The highest BCUT2D eigenvalue weighted by Gasteiger charge is 2.38. The molecule has 18 heavy (non-hydrogen) atoms. The van der Waals surface area contributed by atoms with E-state index in [1.54, 1.807) is 0 Å². The second-order valence-electron chi connectivity index (χ2n) is 6.27. The SMILES string of the molecule is CC(C)C(C)N(C)CCC(C)(NC1CC1)C(=O)O. The Morgan fingerprint density at radius 1 is 1.44 bits per heavy atom. The van der Waals surface area contributed by atoms with E-state index in [4.69, 9.17) is 0 Å². The molecular formula is C14H28N2O2. The van der Waals surface area contributed by atoms with Crippen molar-refractivity contribution >= 4 is 5.97 Å². The van der Waals surface area contributed by atoms with Gasteiger partial charge in [0.25, 0.3) is 0 Å². The molecule has 2 N–H and O–H groups in total. The summed E-state index contributed by atoms with van der Waals surface area (Å²) in [5.74, 6) is -0.150. The number of hydrogen-bond donors (Lipinski definition) is 2. The predicted octanol–water partition coefficient (Wildman–Crippen LogP) is 1.95. The number of carboxylic acids is 1. The molecule has 1 rings (SSSR count). The van der Waals surface area contributed by atoms with Gasteiger partial charge in [-0.05, 0) is 46.1 Å². The molecule has 0 saturated heterocycles. The van der Waals surface area contributed by atoms with Crippen LogP contribution in [0, 0.1) is 5.92 Å². The lowest BCUT2D eigenvalue weighted by molar-refractivity contribution is -0.144. The average Bonchev–Trinajstić information content (AvgIpc) is 3.08. The summed E-state index contributed by atoms with van der Waals surface area (Å²) in [6.45, 7) is 9.19. The summed E-state index contributed by atoms with van der Waals surface area (Å²) in [4.78, 5) is 13.7. The van der Waals surface area contributed by atoms with Crippen LogP contribution in [-0.4, -0.2) is 47.2 Å². The van der Waals surface area contributed by atoms with Crippen molar-refractivity contribution in [2.75, 3.05) is 13.6 Å². The van der Waals surface area contributed by atoms with E-state index >= 15 is 0 Å². The van der Waals surface area contributed by atoms with Gasteiger partial charge in [-0.2, -0.15) is 0 Å². The van der Waals surface area contributed by atoms with Gasteiger partial charge in [-0.25, -0.2) is 0 Å². The lowest BCUT2D eigenvalue weighted by Gasteiger charge is -2.32. The van der Waals surface area contributed by atoms with E-state index < -0.39 is 11.5 Å². The van der Waals surface area contributed by atoms with Crippen LogP contribution < -0.4 is 5.32 Å². The quantitative estimate of drug-likeness (QED) is 0.697. The van der Waals surface area contributed by atoms with Crippen LogP contribution in [0.1, 0.15) is 47.0 Å². The first kappa shape index (κ1) is 15.4. The first-order valence-corrected chi connectivity index (χ1v) is 6.97. The highest BCUT2D eigenvalue weighted by Crippen LogP contribution is 2.24. The van der Waals surface area contributed by atoms with Gasteiger partial charge in [0.2, 0.25) is 0 Å². The average molecular weight is 256 g/mol. The third-order valence-electron chi connectivity index (χ3n) is 4.20. The Labute approximate surface area is 111 Å². The number of carbonyl (C=O) groups is 1. The maximum atomic E-state index is 11.4. The highest BCUT2D eigenvalue weighted by molar-refractivity contribution is 5.78. The molecule has 0 aromatic rings. The van der Waals surface area contributed by atoms with Crippen LogP contribution in [-0.2, 0) is 4.79 Å². The maximum Gasteiger partial charge on any atom is 0.323 e. The molecule has 0 aliphatic heterocycles. The van der Waals surface area contributed by atoms with Crippen LogP contribution in [0.15, 0.2) is 0 Å². The summed E-state index contributed by atoms with van der Waals surface area (Å²) in [5.41, 5.74) is -0.786. The summed E-state index contributed by atoms with van der Waals surface area (Å²) < 4.78 is 0. The van der Waals surface area contributed by atoms with E-state index in [1.165, 1.54) is 0 Å². The minimum absolute atomic E-state index is 0.416. The molecule has 0 amide bonds. The van der Waals surface area contributed by atoms with Crippen molar-refractivity contribution in [2.24, 2.45) is 5.92 Å². The third-order valence-corrected chi connectivity index (χ3v) is 4.20. The summed E-state index contributed by atoms with van der Waals surface area (Å²) in [6.07, 6.45) is 2.87. The van der Waals surface area contributed by atoms with Gasteiger partial charge >= 0.3 is 5.97 Å². The number of hydrogen-bond acceptors (Lipinski definition) is 3. The Bertz CT molecular complexity index is 290. The zero-order valence-corrected chi connectivity index (χ0v) is 12.4. The second kappa shape index (κ2) is 6.02. The fraction of sp³-hybridized carbons (Fsp3) is 0.929.